The number of rotatable bonds is 8. The molecular weight excluding hydrogens is 440 g/mol. The van der Waals surface area contributed by atoms with E-state index in [4.69, 9.17) is 9.47 Å². The van der Waals surface area contributed by atoms with Crippen LogP contribution in [0.5, 0.6) is 0 Å². The number of aryl methyl sites for hydroxylation is 1. The van der Waals surface area contributed by atoms with Gasteiger partial charge in [-0.1, -0.05) is 18.2 Å². The number of hydrogen-bond donors (Lipinski definition) is 1. The van der Waals surface area contributed by atoms with E-state index in [1.54, 1.807) is 26.8 Å². The molecule has 0 aliphatic carbocycles. The van der Waals surface area contributed by atoms with Crippen molar-refractivity contribution >= 4 is 46.0 Å². The normalized spacial score (nSPS) is 11.3. The molecule has 0 spiro atoms. The van der Waals surface area contributed by atoms with Gasteiger partial charge in [0.15, 0.2) is 5.78 Å². The van der Waals surface area contributed by atoms with Gasteiger partial charge in [0, 0.05) is 33.5 Å². The minimum absolute atomic E-state index is 0.0404. The second kappa shape index (κ2) is 10.3. The minimum atomic E-state index is -0.612. The molecule has 7 nitrogen and oxygen atoms in total. The van der Waals surface area contributed by atoms with Crippen LogP contribution in [-0.4, -0.2) is 35.9 Å². The summed E-state index contributed by atoms with van der Waals surface area (Å²) in [5.41, 5.74) is 3.05. The number of benzene rings is 1. The number of ether oxygens (including phenoxy) is 2. The number of para-hydroxylation sites is 1. The summed E-state index contributed by atoms with van der Waals surface area (Å²) in [4.78, 5) is 41.9. The molecule has 2 aromatic heterocycles. The monoisotopic (exact) mass is 464 g/mol. The van der Waals surface area contributed by atoms with Gasteiger partial charge in [-0.15, -0.1) is 11.3 Å². The van der Waals surface area contributed by atoms with Gasteiger partial charge in [-0.05, 0) is 45.4 Å². The third-order valence-corrected chi connectivity index (χ3v) is 6.41. The quantitative estimate of drug-likeness (QED) is 0.288. The van der Waals surface area contributed by atoms with Crippen molar-refractivity contribution in [3.63, 3.8) is 0 Å². The molecule has 0 radical (unpaired) electrons. The molecule has 3 aromatic rings. The molecule has 33 heavy (non-hydrogen) atoms. The molecule has 0 atom stereocenters. The molecule has 0 amide bonds. The molecule has 0 aliphatic rings. The Kier molecular flexibility index (Phi) is 7.46. The van der Waals surface area contributed by atoms with Gasteiger partial charge in [-0.2, -0.15) is 5.26 Å². The molecule has 8 heteroatoms. The zero-order chi connectivity index (χ0) is 24.1. The average molecular weight is 465 g/mol. The number of nitriles is 1. The van der Waals surface area contributed by atoms with Crippen molar-refractivity contribution in [2.45, 2.75) is 34.1 Å². The third kappa shape index (κ3) is 4.89. The number of esters is 2. The number of allylic oxidation sites excluding steroid dienone is 1. The van der Waals surface area contributed by atoms with Gasteiger partial charge in [0.1, 0.15) is 10.9 Å². The Labute approximate surface area is 195 Å². The molecule has 0 saturated carbocycles. The van der Waals surface area contributed by atoms with E-state index in [0.29, 0.717) is 10.4 Å². The van der Waals surface area contributed by atoms with Crippen LogP contribution < -0.4 is 0 Å². The minimum Gasteiger partial charge on any atom is -0.462 e. The fourth-order valence-corrected chi connectivity index (χ4v) is 4.79. The number of carbonyl (C=O) groups excluding carboxylic acids is 3. The van der Waals surface area contributed by atoms with Crippen molar-refractivity contribution < 1.29 is 23.9 Å². The van der Waals surface area contributed by atoms with E-state index in [1.807, 2.05) is 37.3 Å². The van der Waals surface area contributed by atoms with Gasteiger partial charge in [-0.25, -0.2) is 9.59 Å². The first-order valence-electron chi connectivity index (χ1n) is 10.5. The maximum absolute atomic E-state index is 13.1. The number of nitrogens with zero attached hydrogens (tertiary/aromatic N) is 1. The molecule has 0 aliphatic heterocycles. The topological polar surface area (TPSA) is 109 Å². The molecule has 1 N–H and O–H groups in total. The molecule has 0 unspecified atom stereocenters. The van der Waals surface area contributed by atoms with Crippen LogP contribution in [0.15, 0.2) is 29.8 Å². The lowest BCUT2D eigenvalue weighted by Gasteiger charge is -2.05. The van der Waals surface area contributed by atoms with Gasteiger partial charge in [0.2, 0.25) is 0 Å². The number of aromatic nitrogens is 1. The van der Waals surface area contributed by atoms with Crippen LogP contribution in [0.1, 0.15) is 55.6 Å². The van der Waals surface area contributed by atoms with E-state index in [0.717, 1.165) is 33.5 Å². The van der Waals surface area contributed by atoms with E-state index < -0.39 is 17.7 Å². The summed E-state index contributed by atoms with van der Waals surface area (Å²) in [5.74, 6) is -1.63. The van der Waals surface area contributed by atoms with Crippen LogP contribution in [0.4, 0.5) is 0 Å². The Hall–Kier alpha value is -3.70. The van der Waals surface area contributed by atoms with Crippen LogP contribution in [0, 0.1) is 25.2 Å². The van der Waals surface area contributed by atoms with Crippen molar-refractivity contribution in [1.82, 2.24) is 4.98 Å². The largest absolute Gasteiger partial charge is 0.462 e. The first-order chi connectivity index (χ1) is 15.8. The maximum Gasteiger partial charge on any atom is 0.348 e. The molecule has 0 fully saturated rings. The van der Waals surface area contributed by atoms with Crippen molar-refractivity contribution in [3.8, 4) is 6.07 Å². The summed E-state index contributed by atoms with van der Waals surface area (Å²) in [7, 11) is 0. The second-order valence-electron chi connectivity index (χ2n) is 7.27. The van der Waals surface area contributed by atoms with Crippen LogP contribution in [-0.2, 0) is 20.7 Å². The first kappa shape index (κ1) is 24.0. The Balaban J connectivity index is 2.01. The lowest BCUT2D eigenvalue weighted by molar-refractivity contribution is -0.114. The van der Waals surface area contributed by atoms with Crippen LogP contribution in [0.2, 0.25) is 0 Å². The smallest absolute Gasteiger partial charge is 0.348 e. The van der Waals surface area contributed by atoms with Crippen molar-refractivity contribution in [1.29, 1.82) is 5.26 Å². The number of nitrogens with one attached hydrogen (secondary N) is 1. The van der Waals surface area contributed by atoms with Crippen LogP contribution in [0.3, 0.4) is 0 Å². The van der Waals surface area contributed by atoms with Gasteiger partial charge < -0.3 is 14.5 Å². The highest BCUT2D eigenvalue weighted by atomic mass is 32.1. The lowest BCUT2D eigenvalue weighted by Crippen LogP contribution is -2.12. The number of H-pyrrole nitrogens is 1. The summed E-state index contributed by atoms with van der Waals surface area (Å²) in [6, 6.07) is 9.61. The number of ketones is 1. The SMILES string of the molecule is CCOC(=O)c1sc(CC(=O)C(C#N)=Cc2c(C)[nH]c3ccccc23)c(C(=O)OCC)c1C. The fourth-order valence-electron chi connectivity index (χ4n) is 3.60. The van der Waals surface area contributed by atoms with E-state index in [-0.39, 0.29) is 35.6 Å². The van der Waals surface area contributed by atoms with Crippen LogP contribution in [0.25, 0.3) is 17.0 Å². The molecule has 170 valence electrons. The predicted molar refractivity (Wildman–Crippen MR) is 126 cm³/mol. The molecule has 3 rings (SSSR count). The number of hydrogen-bond acceptors (Lipinski definition) is 7. The van der Waals surface area contributed by atoms with Gasteiger partial charge in [0.05, 0.1) is 24.4 Å². The van der Waals surface area contributed by atoms with Gasteiger partial charge in [-0.3, -0.25) is 4.79 Å². The van der Waals surface area contributed by atoms with E-state index in [1.165, 1.54) is 0 Å². The number of thiophene rings is 1. The maximum atomic E-state index is 13.1. The average Bonchev–Trinajstić information content (AvgIpc) is 3.27. The number of Topliss-reactive ketones (excluding diaryl/α,β-unsaturated/α-hetero) is 1. The number of carbonyl (C=O) groups is 3. The van der Waals surface area contributed by atoms with E-state index >= 15 is 0 Å². The Bertz CT molecular complexity index is 1310. The van der Waals surface area contributed by atoms with E-state index in [9.17, 15) is 19.6 Å². The Morgan fingerprint density at radius 2 is 1.76 bits per heavy atom. The highest BCUT2D eigenvalue weighted by Gasteiger charge is 2.28. The standard InChI is InChI=1S/C25H24N2O5S/c1-5-31-24(29)22-14(3)23(25(30)32-6-2)33-21(22)12-20(28)16(13-26)11-18-15(4)27-19-10-8-7-9-17(18)19/h7-11,27H,5-6,12H2,1-4H3. The highest BCUT2D eigenvalue weighted by molar-refractivity contribution is 7.14. The summed E-state index contributed by atoms with van der Waals surface area (Å²) >= 11 is 1.02. The Morgan fingerprint density at radius 1 is 1.09 bits per heavy atom. The zero-order valence-electron chi connectivity index (χ0n) is 18.9. The van der Waals surface area contributed by atoms with Gasteiger partial charge in [0.25, 0.3) is 0 Å². The highest BCUT2D eigenvalue weighted by Crippen LogP contribution is 2.31. The fraction of sp³-hybridized carbons (Fsp3) is 0.280. The summed E-state index contributed by atoms with van der Waals surface area (Å²) in [5, 5.41) is 10.6. The number of fused-ring (bicyclic) bond motifs is 1. The third-order valence-electron chi connectivity index (χ3n) is 5.13. The summed E-state index contributed by atoms with van der Waals surface area (Å²) < 4.78 is 10.2. The molecular formula is C25H24N2O5S. The lowest BCUT2D eigenvalue weighted by atomic mass is 10.0. The summed E-state index contributed by atoms with van der Waals surface area (Å²) in [6.07, 6.45) is 1.35. The van der Waals surface area contributed by atoms with Crippen molar-refractivity contribution in [2.75, 3.05) is 13.2 Å². The predicted octanol–water partition coefficient (Wildman–Crippen LogP) is 4.92. The molecule has 2 heterocycles. The van der Waals surface area contributed by atoms with Gasteiger partial charge >= 0.3 is 11.9 Å². The van der Waals surface area contributed by atoms with Crippen molar-refractivity contribution in [2.24, 2.45) is 0 Å². The first-order valence-corrected chi connectivity index (χ1v) is 11.3. The molecule has 0 bridgehead atoms. The second-order valence-corrected chi connectivity index (χ2v) is 8.38. The molecule has 0 saturated heterocycles. The van der Waals surface area contributed by atoms with Crippen LogP contribution >= 0.6 is 11.3 Å². The Morgan fingerprint density at radius 3 is 2.42 bits per heavy atom. The molecule has 1 aromatic carbocycles. The number of aromatic amines is 1. The zero-order valence-corrected chi connectivity index (χ0v) is 19.7. The summed E-state index contributed by atoms with van der Waals surface area (Å²) in [6.45, 7) is 7.20. The van der Waals surface area contributed by atoms with E-state index in [2.05, 4.69) is 4.98 Å². The van der Waals surface area contributed by atoms with Crippen molar-refractivity contribution in [3.05, 3.63) is 62.0 Å².